The monoisotopic (exact) mass is 541 g/mol. The van der Waals surface area contributed by atoms with Crippen LogP contribution in [0.5, 0.6) is 0 Å². The van der Waals surface area contributed by atoms with E-state index in [0.29, 0.717) is 0 Å². The Balaban J connectivity index is 1.53. The lowest BCUT2D eigenvalue weighted by Gasteiger charge is -2.24. The van der Waals surface area contributed by atoms with Gasteiger partial charge in [0.05, 0.1) is 11.0 Å². The van der Waals surface area contributed by atoms with E-state index in [9.17, 15) is 0 Å². The van der Waals surface area contributed by atoms with Gasteiger partial charge in [0.2, 0.25) is 0 Å². The average molecular weight is 542 g/mol. The molecule has 0 fully saturated rings. The number of benzene rings is 5. The standard InChI is InChI=1S/C41H35N/c1-7-8-15-27-25(2)40(3,4)34-24-26(22-23-28(27)34)42-35-21-14-12-19-32(35)37-38-36(29-16-9-10-17-30(29)39(37)42)31-18-11-13-20-33(31)41(38,5)6/h7-24H,1H2,2-6H3/b15-8-. The van der Waals surface area contributed by atoms with Crippen LogP contribution in [0.3, 0.4) is 0 Å². The van der Waals surface area contributed by atoms with Gasteiger partial charge in [0.1, 0.15) is 0 Å². The van der Waals surface area contributed by atoms with Crippen LogP contribution < -0.4 is 0 Å². The van der Waals surface area contributed by atoms with Gasteiger partial charge in [-0.15, -0.1) is 0 Å². The van der Waals surface area contributed by atoms with Crippen LogP contribution in [-0.2, 0) is 10.8 Å². The van der Waals surface area contributed by atoms with Crippen LogP contribution in [0.25, 0.3) is 55.0 Å². The van der Waals surface area contributed by atoms with E-state index >= 15 is 0 Å². The highest BCUT2D eigenvalue weighted by Gasteiger charge is 2.40. The van der Waals surface area contributed by atoms with Gasteiger partial charge in [-0.1, -0.05) is 131 Å². The summed E-state index contributed by atoms with van der Waals surface area (Å²) in [6.07, 6.45) is 6.13. The highest BCUT2D eigenvalue weighted by atomic mass is 15.0. The average Bonchev–Trinajstić information content (AvgIpc) is 3.53. The molecule has 1 heterocycles. The molecule has 5 aromatic carbocycles. The summed E-state index contributed by atoms with van der Waals surface area (Å²) in [5, 5.41) is 5.33. The minimum absolute atomic E-state index is 0.0576. The topological polar surface area (TPSA) is 4.93 Å². The fraction of sp³-hybridized carbons (Fsp3) is 0.171. The molecule has 0 aliphatic heterocycles. The minimum Gasteiger partial charge on any atom is -0.309 e. The Morgan fingerprint density at radius 3 is 2.17 bits per heavy atom. The predicted octanol–water partition coefficient (Wildman–Crippen LogP) is 11.1. The van der Waals surface area contributed by atoms with Crippen molar-refractivity contribution in [1.82, 2.24) is 4.57 Å². The molecule has 2 aliphatic carbocycles. The van der Waals surface area contributed by atoms with E-state index in [1.807, 2.05) is 6.08 Å². The number of allylic oxidation sites excluding steroid dienone is 5. The van der Waals surface area contributed by atoms with Crippen molar-refractivity contribution in [2.24, 2.45) is 0 Å². The summed E-state index contributed by atoms with van der Waals surface area (Å²) in [6.45, 7) is 15.7. The maximum absolute atomic E-state index is 3.90. The lowest BCUT2D eigenvalue weighted by Crippen LogP contribution is -2.16. The zero-order valence-electron chi connectivity index (χ0n) is 25.0. The van der Waals surface area contributed by atoms with E-state index in [1.54, 1.807) is 0 Å². The largest absolute Gasteiger partial charge is 0.309 e. The number of hydrogen-bond acceptors (Lipinski definition) is 0. The van der Waals surface area contributed by atoms with Crippen LogP contribution in [0.2, 0.25) is 0 Å². The van der Waals surface area contributed by atoms with Crippen LogP contribution in [-0.4, -0.2) is 4.57 Å². The van der Waals surface area contributed by atoms with E-state index in [4.69, 9.17) is 0 Å². The maximum Gasteiger partial charge on any atom is 0.0623 e. The summed E-state index contributed by atoms with van der Waals surface area (Å²) in [5.74, 6) is 0. The second kappa shape index (κ2) is 8.46. The molecule has 204 valence electrons. The van der Waals surface area contributed by atoms with Crippen molar-refractivity contribution >= 4 is 38.2 Å². The van der Waals surface area contributed by atoms with Crippen LogP contribution in [0.1, 0.15) is 56.9 Å². The molecule has 1 nitrogen and oxygen atoms in total. The van der Waals surface area contributed by atoms with Crippen molar-refractivity contribution in [2.45, 2.75) is 45.4 Å². The normalized spacial score (nSPS) is 16.5. The molecule has 0 spiro atoms. The molecule has 42 heavy (non-hydrogen) atoms. The van der Waals surface area contributed by atoms with Gasteiger partial charge in [-0.05, 0) is 69.5 Å². The van der Waals surface area contributed by atoms with Crippen LogP contribution in [0.15, 0.2) is 121 Å². The van der Waals surface area contributed by atoms with E-state index in [-0.39, 0.29) is 10.8 Å². The third kappa shape index (κ3) is 3.04. The van der Waals surface area contributed by atoms with Crippen molar-refractivity contribution in [2.75, 3.05) is 0 Å². The van der Waals surface area contributed by atoms with Crippen molar-refractivity contribution in [1.29, 1.82) is 0 Å². The number of hydrogen-bond donors (Lipinski definition) is 0. The third-order valence-corrected chi connectivity index (χ3v) is 10.3. The van der Waals surface area contributed by atoms with E-state index in [1.165, 1.54) is 82.8 Å². The molecule has 0 unspecified atom stereocenters. The molecule has 0 bridgehead atoms. The molecular formula is C41H35N. The molecule has 0 atom stereocenters. The molecule has 6 aromatic rings. The van der Waals surface area contributed by atoms with Gasteiger partial charge in [-0.2, -0.15) is 0 Å². The van der Waals surface area contributed by atoms with Crippen molar-refractivity contribution in [3.8, 4) is 16.8 Å². The van der Waals surface area contributed by atoms with Crippen LogP contribution in [0, 0.1) is 0 Å². The summed E-state index contributed by atoms with van der Waals surface area (Å²) < 4.78 is 2.54. The SMILES string of the molecule is C=C/C=C\C1=C(C)C(C)(C)c2cc(-n3c4ccccc4c4c5c(c6ccccc6c43)-c3ccccc3C5(C)C)ccc21. The first kappa shape index (κ1) is 25.1. The van der Waals surface area contributed by atoms with Gasteiger partial charge < -0.3 is 4.57 Å². The fourth-order valence-corrected chi connectivity index (χ4v) is 8.01. The summed E-state index contributed by atoms with van der Waals surface area (Å²) in [7, 11) is 0. The van der Waals surface area contributed by atoms with E-state index in [2.05, 4.69) is 149 Å². The first-order chi connectivity index (χ1) is 20.3. The third-order valence-electron chi connectivity index (χ3n) is 10.3. The molecule has 2 aliphatic rings. The molecule has 0 radical (unpaired) electrons. The lowest BCUT2D eigenvalue weighted by atomic mass is 9.79. The Kier molecular flexibility index (Phi) is 5.06. The number of aromatic nitrogens is 1. The minimum atomic E-state index is -0.115. The zero-order valence-corrected chi connectivity index (χ0v) is 25.0. The summed E-state index contributed by atoms with van der Waals surface area (Å²) in [5.41, 5.74) is 14.6. The second-order valence-electron chi connectivity index (χ2n) is 13.0. The zero-order chi connectivity index (χ0) is 29.0. The first-order valence-electron chi connectivity index (χ1n) is 15.0. The predicted molar refractivity (Wildman–Crippen MR) is 181 cm³/mol. The molecule has 0 N–H and O–H groups in total. The smallest absolute Gasteiger partial charge is 0.0623 e. The van der Waals surface area contributed by atoms with E-state index in [0.717, 1.165) is 0 Å². The van der Waals surface area contributed by atoms with Crippen molar-refractivity contribution in [3.63, 3.8) is 0 Å². The maximum atomic E-state index is 3.90. The molecule has 0 amide bonds. The highest BCUT2D eigenvalue weighted by Crippen LogP contribution is 2.56. The van der Waals surface area contributed by atoms with Crippen molar-refractivity contribution in [3.05, 3.63) is 144 Å². The summed E-state index contributed by atoms with van der Waals surface area (Å²) in [6, 6.07) is 34.2. The van der Waals surface area contributed by atoms with Gasteiger partial charge in [0.25, 0.3) is 0 Å². The fourth-order valence-electron chi connectivity index (χ4n) is 8.01. The summed E-state index contributed by atoms with van der Waals surface area (Å²) >= 11 is 0. The first-order valence-corrected chi connectivity index (χ1v) is 15.0. The van der Waals surface area contributed by atoms with Gasteiger partial charge in [0.15, 0.2) is 0 Å². The second-order valence-corrected chi connectivity index (χ2v) is 13.0. The van der Waals surface area contributed by atoms with Gasteiger partial charge in [-0.3, -0.25) is 0 Å². The number of nitrogens with zero attached hydrogens (tertiary/aromatic N) is 1. The molecule has 0 saturated heterocycles. The Morgan fingerprint density at radius 1 is 0.690 bits per heavy atom. The van der Waals surface area contributed by atoms with Crippen LogP contribution >= 0.6 is 0 Å². The molecular weight excluding hydrogens is 506 g/mol. The van der Waals surface area contributed by atoms with Gasteiger partial charge in [0, 0.05) is 32.7 Å². The highest BCUT2D eigenvalue weighted by molar-refractivity contribution is 6.25. The summed E-state index contributed by atoms with van der Waals surface area (Å²) in [4.78, 5) is 0. The number of para-hydroxylation sites is 1. The molecule has 0 saturated carbocycles. The number of fused-ring (bicyclic) bond motifs is 11. The van der Waals surface area contributed by atoms with Gasteiger partial charge >= 0.3 is 0 Å². The Hall–Kier alpha value is -4.62. The Morgan fingerprint density at radius 2 is 1.38 bits per heavy atom. The van der Waals surface area contributed by atoms with E-state index < -0.39 is 0 Å². The van der Waals surface area contributed by atoms with Crippen molar-refractivity contribution < 1.29 is 0 Å². The Labute approximate surface area is 248 Å². The Bertz CT molecular complexity index is 2210. The number of rotatable bonds is 3. The lowest BCUT2D eigenvalue weighted by molar-refractivity contribution is 0.638. The molecule has 8 rings (SSSR count). The molecule has 1 aromatic heterocycles. The quantitative estimate of drug-likeness (QED) is 0.196. The van der Waals surface area contributed by atoms with Crippen LogP contribution in [0.4, 0.5) is 0 Å². The molecule has 1 heteroatoms. The van der Waals surface area contributed by atoms with Gasteiger partial charge in [-0.25, -0.2) is 0 Å².